The Morgan fingerprint density at radius 2 is 2.00 bits per heavy atom. The van der Waals surface area contributed by atoms with Crippen LogP contribution in [0.25, 0.3) is 0 Å². The molecule has 3 nitrogen and oxygen atoms in total. The maximum absolute atomic E-state index is 13.0. The Morgan fingerprint density at radius 3 is 2.62 bits per heavy atom. The van der Waals surface area contributed by atoms with Gasteiger partial charge in [0.2, 0.25) is 0 Å². The van der Waals surface area contributed by atoms with Gasteiger partial charge in [0.25, 0.3) is 0 Å². The molecule has 110 valence electrons. The second-order valence-electron chi connectivity index (χ2n) is 4.51. The number of aryl methyl sites for hydroxylation is 1. The minimum absolute atomic E-state index is 0.0664. The van der Waals surface area contributed by atoms with Gasteiger partial charge in [0.05, 0.1) is 22.1 Å². The number of carboxylic acid groups (broad SMARTS) is 1. The van der Waals surface area contributed by atoms with Gasteiger partial charge in [0.15, 0.2) is 0 Å². The van der Waals surface area contributed by atoms with E-state index in [9.17, 15) is 13.4 Å². The largest absolute Gasteiger partial charge is 0.478 e. The molecule has 0 heterocycles. The number of aromatic carboxylic acids is 1. The summed E-state index contributed by atoms with van der Waals surface area (Å²) in [6.07, 6.45) is 0. The van der Waals surface area contributed by atoms with E-state index >= 15 is 0 Å². The molecule has 0 saturated carbocycles. The summed E-state index contributed by atoms with van der Waals surface area (Å²) in [5.41, 5.74) is 1.56. The van der Waals surface area contributed by atoms with E-state index in [1.165, 1.54) is 18.2 Å². The van der Waals surface area contributed by atoms with Crippen molar-refractivity contribution in [1.29, 1.82) is 0 Å². The van der Waals surface area contributed by atoms with Crippen LogP contribution in [0, 0.1) is 12.7 Å². The van der Waals surface area contributed by atoms with Crippen molar-refractivity contribution in [3.8, 4) is 0 Å². The van der Waals surface area contributed by atoms with Crippen LogP contribution in [0.2, 0.25) is 0 Å². The Bertz CT molecular complexity index is 731. The monoisotopic (exact) mass is 370 g/mol. The first-order valence-electron chi connectivity index (χ1n) is 6.04. The fourth-order valence-electron chi connectivity index (χ4n) is 1.86. The highest BCUT2D eigenvalue weighted by molar-refractivity contribution is 9.10. The van der Waals surface area contributed by atoms with Crippen molar-refractivity contribution in [1.82, 2.24) is 0 Å². The third kappa shape index (κ3) is 3.77. The van der Waals surface area contributed by atoms with E-state index in [1.807, 2.05) is 0 Å². The Balaban J connectivity index is 2.28. The quantitative estimate of drug-likeness (QED) is 0.887. The first-order chi connectivity index (χ1) is 9.88. The summed E-state index contributed by atoms with van der Waals surface area (Å²) in [7, 11) is -1.39. The summed E-state index contributed by atoms with van der Waals surface area (Å²) in [5.74, 6) is -1.20. The van der Waals surface area contributed by atoms with E-state index in [-0.39, 0.29) is 17.1 Å². The van der Waals surface area contributed by atoms with Crippen molar-refractivity contribution >= 4 is 32.7 Å². The lowest BCUT2D eigenvalue weighted by atomic mass is 10.1. The molecule has 0 fully saturated rings. The Hall–Kier alpha value is -1.53. The summed E-state index contributed by atoms with van der Waals surface area (Å²) in [4.78, 5) is 11.5. The molecule has 0 spiro atoms. The minimum Gasteiger partial charge on any atom is -0.478 e. The number of carbonyl (C=O) groups is 1. The van der Waals surface area contributed by atoms with Crippen LogP contribution in [0.3, 0.4) is 0 Å². The van der Waals surface area contributed by atoms with Gasteiger partial charge < -0.3 is 5.11 Å². The van der Waals surface area contributed by atoms with E-state index in [1.54, 1.807) is 25.1 Å². The fraction of sp³-hybridized carbons (Fsp3) is 0.133. The van der Waals surface area contributed by atoms with Crippen molar-refractivity contribution in [2.75, 3.05) is 0 Å². The number of hydrogen-bond donors (Lipinski definition) is 1. The fourth-order valence-corrected chi connectivity index (χ4v) is 3.51. The molecule has 1 N–H and O–H groups in total. The van der Waals surface area contributed by atoms with Gasteiger partial charge in [-0.1, -0.05) is 6.07 Å². The van der Waals surface area contributed by atoms with Crippen LogP contribution in [0.4, 0.5) is 4.39 Å². The molecule has 0 aromatic heterocycles. The average molecular weight is 371 g/mol. The summed E-state index contributed by atoms with van der Waals surface area (Å²) >= 11 is 3.15. The predicted octanol–water partition coefficient (Wildman–Crippen LogP) is 3.90. The first-order valence-corrected chi connectivity index (χ1v) is 8.16. The third-order valence-corrected chi connectivity index (χ3v) is 5.07. The maximum atomic E-state index is 13.0. The number of benzene rings is 2. The normalized spacial score (nSPS) is 12.1. The molecule has 2 aromatic rings. The van der Waals surface area contributed by atoms with E-state index in [4.69, 9.17) is 5.11 Å². The first kappa shape index (κ1) is 15.9. The average Bonchev–Trinajstić information content (AvgIpc) is 2.42. The van der Waals surface area contributed by atoms with Gasteiger partial charge in [-0.05, 0) is 64.3 Å². The second kappa shape index (κ2) is 6.49. The lowest BCUT2D eigenvalue weighted by molar-refractivity contribution is 0.0695. The van der Waals surface area contributed by atoms with Gasteiger partial charge in [-0.15, -0.1) is 0 Å². The van der Waals surface area contributed by atoms with Gasteiger partial charge in [0, 0.05) is 9.37 Å². The number of hydrogen-bond acceptors (Lipinski definition) is 2. The highest BCUT2D eigenvalue weighted by Gasteiger charge is 2.13. The molecular weight excluding hydrogens is 359 g/mol. The van der Waals surface area contributed by atoms with E-state index in [0.29, 0.717) is 9.37 Å². The molecule has 0 aliphatic carbocycles. The van der Waals surface area contributed by atoms with Crippen molar-refractivity contribution in [3.63, 3.8) is 0 Å². The lowest BCUT2D eigenvalue weighted by Gasteiger charge is -2.08. The van der Waals surface area contributed by atoms with Gasteiger partial charge >= 0.3 is 5.97 Å². The van der Waals surface area contributed by atoms with Crippen LogP contribution < -0.4 is 0 Å². The summed E-state index contributed by atoms with van der Waals surface area (Å²) < 4.78 is 25.8. The van der Waals surface area contributed by atoms with E-state index < -0.39 is 16.8 Å². The molecule has 0 amide bonds. The number of carboxylic acids is 1. The molecule has 2 aromatic carbocycles. The zero-order valence-corrected chi connectivity index (χ0v) is 13.5. The van der Waals surface area contributed by atoms with Gasteiger partial charge in [-0.3, -0.25) is 4.21 Å². The standard InChI is InChI=1S/C15H12BrFO3S/c1-9-6-11(17)3-2-10(9)8-21(20)12-4-5-14(16)13(7-12)15(18)19/h2-7H,8H2,1H3,(H,18,19). The smallest absolute Gasteiger partial charge is 0.336 e. The lowest BCUT2D eigenvalue weighted by Crippen LogP contribution is -2.03. The second-order valence-corrected chi connectivity index (χ2v) is 6.81. The molecule has 0 bridgehead atoms. The Labute approximate surface area is 132 Å². The summed E-state index contributed by atoms with van der Waals surface area (Å²) in [6.45, 7) is 1.75. The van der Waals surface area contributed by atoms with Crippen molar-refractivity contribution < 1.29 is 18.5 Å². The van der Waals surface area contributed by atoms with Crippen LogP contribution in [-0.2, 0) is 16.6 Å². The third-order valence-electron chi connectivity index (χ3n) is 3.02. The van der Waals surface area contributed by atoms with Crippen molar-refractivity contribution in [3.05, 3.63) is 63.4 Å². The molecular formula is C15H12BrFO3S. The summed E-state index contributed by atoms with van der Waals surface area (Å²) in [5, 5.41) is 9.07. The molecule has 0 aliphatic heterocycles. The minimum atomic E-state index is -1.39. The van der Waals surface area contributed by atoms with E-state index in [0.717, 1.165) is 11.1 Å². The zero-order chi connectivity index (χ0) is 15.6. The van der Waals surface area contributed by atoms with Crippen molar-refractivity contribution in [2.45, 2.75) is 17.6 Å². The molecule has 0 radical (unpaired) electrons. The zero-order valence-electron chi connectivity index (χ0n) is 11.1. The van der Waals surface area contributed by atoms with Gasteiger partial charge in [-0.25, -0.2) is 9.18 Å². The highest BCUT2D eigenvalue weighted by Crippen LogP contribution is 2.22. The van der Waals surface area contributed by atoms with Crippen LogP contribution in [-0.4, -0.2) is 15.3 Å². The van der Waals surface area contributed by atoms with Gasteiger partial charge in [0.1, 0.15) is 5.82 Å². The Morgan fingerprint density at radius 1 is 1.29 bits per heavy atom. The highest BCUT2D eigenvalue weighted by atomic mass is 79.9. The van der Waals surface area contributed by atoms with Gasteiger partial charge in [-0.2, -0.15) is 0 Å². The van der Waals surface area contributed by atoms with Crippen molar-refractivity contribution in [2.24, 2.45) is 0 Å². The molecule has 0 aliphatic rings. The van der Waals surface area contributed by atoms with Crippen LogP contribution in [0.15, 0.2) is 45.8 Å². The molecule has 1 atom stereocenters. The SMILES string of the molecule is Cc1cc(F)ccc1CS(=O)c1ccc(Br)c(C(=O)O)c1. The Kier molecular flexibility index (Phi) is 4.90. The molecule has 1 unspecified atom stereocenters. The molecule has 2 rings (SSSR count). The van der Waals surface area contributed by atoms with E-state index in [2.05, 4.69) is 15.9 Å². The van der Waals surface area contributed by atoms with Crippen LogP contribution >= 0.6 is 15.9 Å². The molecule has 6 heteroatoms. The number of halogens is 2. The molecule has 0 saturated heterocycles. The summed E-state index contributed by atoms with van der Waals surface area (Å²) in [6, 6.07) is 8.88. The molecule has 21 heavy (non-hydrogen) atoms. The van der Waals surface area contributed by atoms with Crippen LogP contribution in [0.1, 0.15) is 21.5 Å². The van der Waals surface area contributed by atoms with Crippen LogP contribution in [0.5, 0.6) is 0 Å². The topological polar surface area (TPSA) is 54.4 Å². The predicted molar refractivity (Wildman–Crippen MR) is 82.4 cm³/mol. The maximum Gasteiger partial charge on any atom is 0.336 e. The number of rotatable bonds is 4.